The molecule has 1 aliphatic rings. The van der Waals surface area contributed by atoms with E-state index >= 15 is 0 Å². The van der Waals surface area contributed by atoms with Crippen LogP contribution in [0.4, 0.5) is 0 Å². The highest BCUT2D eigenvalue weighted by atomic mass is 32.2. The fourth-order valence-electron chi connectivity index (χ4n) is 2.30. The lowest BCUT2D eigenvalue weighted by Crippen LogP contribution is -2.35. The number of hydrogen-bond acceptors (Lipinski definition) is 3. The Morgan fingerprint density at radius 2 is 2.38 bits per heavy atom. The lowest BCUT2D eigenvalue weighted by molar-refractivity contribution is 0.452. The van der Waals surface area contributed by atoms with E-state index in [4.69, 9.17) is 0 Å². The number of thioether (sulfide) groups is 1. The second-order valence-corrected chi connectivity index (χ2v) is 6.15. The highest BCUT2D eigenvalue weighted by molar-refractivity contribution is 8.00. The summed E-state index contributed by atoms with van der Waals surface area (Å²) in [5.41, 5.74) is 2.59. The molecule has 3 nitrogen and oxygen atoms in total. The molecule has 0 aromatic carbocycles. The summed E-state index contributed by atoms with van der Waals surface area (Å²) in [7, 11) is 2.00. The van der Waals surface area contributed by atoms with Crippen LogP contribution in [0, 0.1) is 6.92 Å². The summed E-state index contributed by atoms with van der Waals surface area (Å²) in [5, 5.41) is 8.76. The van der Waals surface area contributed by atoms with E-state index in [1.165, 1.54) is 23.4 Å². The van der Waals surface area contributed by atoms with E-state index in [-0.39, 0.29) is 0 Å². The number of aromatic nitrogens is 2. The van der Waals surface area contributed by atoms with Crippen molar-refractivity contribution in [3.8, 4) is 0 Å². The molecule has 1 aliphatic heterocycles. The van der Waals surface area contributed by atoms with E-state index in [1.807, 2.05) is 17.9 Å². The molecular formula is C12H21N3S. The van der Waals surface area contributed by atoms with Crippen molar-refractivity contribution in [2.24, 2.45) is 7.05 Å². The van der Waals surface area contributed by atoms with Crippen molar-refractivity contribution < 1.29 is 0 Å². The predicted octanol–water partition coefficient (Wildman–Crippen LogP) is 2.27. The molecule has 0 amide bonds. The zero-order valence-corrected chi connectivity index (χ0v) is 11.3. The molecule has 1 saturated heterocycles. The average Bonchev–Trinajstić information content (AvgIpc) is 2.77. The first-order chi connectivity index (χ1) is 7.59. The molecule has 1 fully saturated rings. The van der Waals surface area contributed by atoms with E-state index in [0.29, 0.717) is 12.1 Å². The molecular weight excluding hydrogens is 218 g/mol. The van der Waals surface area contributed by atoms with Gasteiger partial charge in [0.15, 0.2) is 0 Å². The van der Waals surface area contributed by atoms with Crippen molar-refractivity contribution in [3.05, 3.63) is 17.5 Å². The highest BCUT2D eigenvalue weighted by Gasteiger charge is 2.26. The molecule has 0 spiro atoms. The zero-order chi connectivity index (χ0) is 11.7. The number of nitrogens with one attached hydrogen (secondary N) is 1. The first-order valence-electron chi connectivity index (χ1n) is 5.95. The molecule has 16 heavy (non-hydrogen) atoms. The van der Waals surface area contributed by atoms with Crippen molar-refractivity contribution in [1.29, 1.82) is 0 Å². The lowest BCUT2D eigenvalue weighted by atomic mass is 10.1. The number of rotatable bonds is 3. The summed E-state index contributed by atoms with van der Waals surface area (Å²) in [5.74, 6) is 1.29. The largest absolute Gasteiger partial charge is 0.306 e. The minimum absolute atomic E-state index is 0.403. The molecule has 1 aromatic rings. The maximum absolute atomic E-state index is 4.30. The molecule has 3 unspecified atom stereocenters. The van der Waals surface area contributed by atoms with Gasteiger partial charge in [0.05, 0.1) is 6.20 Å². The van der Waals surface area contributed by atoms with Crippen LogP contribution in [0.1, 0.15) is 37.6 Å². The van der Waals surface area contributed by atoms with Crippen molar-refractivity contribution >= 4 is 11.8 Å². The van der Waals surface area contributed by atoms with Crippen molar-refractivity contribution in [3.63, 3.8) is 0 Å². The Morgan fingerprint density at radius 3 is 2.88 bits per heavy atom. The Labute approximate surface area is 102 Å². The van der Waals surface area contributed by atoms with Crippen LogP contribution in [0.15, 0.2) is 6.20 Å². The van der Waals surface area contributed by atoms with Gasteiger partial charge < -0.3 is 5.32 Å². The monoisotopic (exact) mass is 239 g/mol. The third-order valence-corrected chi connectivity index (χ3v) is 4.91. The molecule has 1 N–H and O–H groups in total. The minimum Gasteiger partial charge on any atom is -0.306 e. The van der Waals surface area contributed by atoms with Gasteiger partial charge in [-0.25, -0.2) is 0 Å². The van der Waals surface area contributed by atoms with E-state index < -0.39 is 0 Å². The number of nitrogens with zero attached hydrogens (tertiary/aromatic N) is 2. The predicted molar refractivity (Wildman–Crippen MR) is 69.8 cm³/mol. The first kappa shape index (κ1) is 12.0. The third-order valence-electron chi connectivity index (χ3n) is 3.58. The lowest BCUT2D eigenvalue weighted by Gasteiger charge is -2.22. The Bertz CT molecular complexity index is 361. The van der Waals surface area contributed by atoms with Crippen LogP contribution in [0.25, 0.3) is 0 Å². The molecule has 1 aromatic heterocycles. The van der Waals surface area contributed by atoms with Gasteiger partial charge >= 0.3 is 0 Å². The molecule has 4 heteroatoms. The van der Waals surface area contributed by atoms with Crippen LogP contribution < -0.4 is 5.32 Å². The van der Waals surface area contributed by atoms with Gasteiger partial charge in [0, 0.05) is 35.6 Å². The molecule has 2 rings (SSSR count). The SMILES string of the molecule is Cc1c(C(C)NC2CCSC2C)cnn1C. The van der Waals surface area contributed by atoms with E-state index in [9.17, 15) is 0 Å². The van der Waals surface area contributed by atoms with Crippen molar-refractivity contribution in [1.82, 2.24) is 15.1 Å². The van der Waals surface area contributed by atoms with E-state index in [0.717, 1.165) is 5.25 Å². The summed E-state index contributed by atoms with van der Waals surface area (Å²) in [6, 6.07) is 1.06. The fourth-order valence-corrected chi connectivity index (χ4v) is 3.51. The first-order valence-corrected chi connectivity index (χ1v) is 7.00. The molecule has 0 saturated carbocycles. The summed E-state index contributed by atoms with van der Waals surface area (Å²) in [6.07, 6.45) is 3.27. The van der Waals surface area contributed by atoms with Crippen LogP contribution in [0.5, 0.6) is 0 Å². The average molecular weight is 239 g/mol. The van der Waals surface area contributed by atoms with Crippen LogP contribution in [-0.4, -0.2) is 26.8 Å². The van der Waals surface area contributed by atoms with Gasteiger partial charge in [-0.3, -0.25) is 4.68 Å². The summed E-state index contributed by atoms with van der Waals surface area (Å²) >= 11 is 2.07. The molecule has 0 bridgehead atoms. The van der Waals surface area contributed by atoms with Crippen LogP contribution >= 0.6 is 11.8 Å². The summed E-state index contributed by atoms with van der Waals surface area (Å²) in [6.45, 7) is 6.69. The molecule has 3 atom stereocenters. The smallest absolute Gasteiger partial charge is 0.0540 e. The highest BCUT2D eigenvalue weighted by Crippen LogP contribution is 2.28. The molecule has 90 valence electrons. The van der Waals surface area contributed by atoms with E-state index in [2.05, 4.69) is 42.9 Å². The Kier molecular flexibility index (Phi) is 3.60. The molecule has 2 heterocycles. The van der Waals surface area contributed by atoms with Gasteiger partial charge in [0.2, 0.25) is 0 Å². The van der Waals surface area contributed by atoms with Crippen LogP contribution in [0.2, 0.25) is 0 Å². The van der Waals surface area contributed by atoms with Crippen LogP contribution in [-0.2, 0) is 7.05 Å². The number of hydrogen-bond donors (Lipinski definition) is 1. The van der Waals surface area contributed by atoms with Crippen LogP contribution in [0.3, 0.4) is 0 Å². The van der Waals surface area contributed by atoms with Crippen molar-refractivity contribution in [2.45, 2.75) is 44.5 Å². The summed E-state index contributed by atoms with van der Waals surface area (Å²) in [4.78, 5) is 0. The Balaban J connectivity index is 2.02. The second kappa shape index (κ2) is 4.80. The maximum Gasteiger partial charge on any atom is 0.0540 e. The maximum atomic E-state index is 4.30. The summed E-state index contributed by atoms with van der Waals surface area (Å²) < 4.78 is 1.94. The van der Waals surface area contributed by atoms with Gasteiger partial charge in [-0.05, 0) is 26.0 Å². The minimum atomic E-state index is 0.403. The van der Waals surface area contributed by atoms with Crippen molar-refractivity contribution in [2.75, 3.05) is 5.75 Å². The van der Waals surface area contributed by atoms with Gasteiger partial charge in [-0.1, -0.05) is 6.92 Å². The zero-order valence-electron chi connectivity index (χ0n) is 10.5. The van der Waals surface area contributed by atoms with Gasteiger partial charge in [0.1, 0.15) is 0 Å². The molecule has 0 radical (unpaired) electrons. The standard InChI is InChI=1S/C12H21N3S/c1-8(11-7-13-15(4)9(11)2)14-12-5-6-16-10(12)3/h7-8,10,12,14H,5-6H2,1-4H3. The fraction of sp³-hybridized carbons (Fsp3) is 0.750. The van der Waals surface area contributed by atoms with Gasteiger partial charge in [-0.15, -0.1) is 0 Å². The quantitative estimate of drug-likeness (QED) is 0.877. The Morgan fingerprint density at radius 1 is 1.62 bits per heavy atom. The Hall–Kier alpha value is -0.480. The van der Waals surface area contributed by atoms with Gasteiger partial charge in [0.25, 0.3) is 0 Å². The number of aryl methyl sites for hydroxylation is 1. The second-order valence-electron chi connectivity index (χ2n) is 4.67. The normalized spacial score (nSPS) is 27.2. The molecule has 0 aliphatic carbocycles. The topological polar surface area (TPSA) is 29.9 Å². The van der Waals surface area contributed by atoms with E-state index in [1.54, 1.807) is 0 Å². The van der Waals surface area contributed by atoms with Gasteiger partial charge in [-0.2, -0.15) is 16.9 Å². The third kappa shape index (κ3) is 2.28.